The highest BCUT2D eigenvalue weighted by atomic mass is 35.5. The summed E-state index contributed by atoms with van der Waals surface area (Å²) in [4.78, 5) is 52.1. The van der Waals surface area contributed by atoms with E-state index in [0.29, 0.717) is 16.9 Å². The van der Waals surface area contributed by atoms with E-state index < -0.39 is 57.7 Å². The zero-order valence-corrected chi connectivity index (χ0v) is 24.7. The molecule has 0 aliphatic carbocycles. The second-order valence-electron chi connectivity index (χ2n) is 11.0. The van der Waals surface area contributed by atoms with E-state index in [1.54, 1.807) is 24.1 Å². The lowest BCUT2D eigenvalue weighted by Crippen LogP contribution is -2.58. The Balaban J connectivity index is 1.79. The van der Waals surface area contributed by atoms with E-state index >= 15 is 8.78 Å². The quantitative estimate of drug-likeness (QED) is 0.318. The number of anilines is 2. The Morgan fingerprint density at radius 2 is 1.95 bits per heavy atom. The van der Waals surface area contributed by atoms with Crippen LogP contribution in [-0.4, -0.2) is 62.0 Å². The molecule has 2 amide bonds. The maximum atomic E-state index is 16.7. The minimum Gasteiger partial charge on any atom is -0.507 e. The number of carbonyl (C=O) groups excluding carboxylic acids is 2. The van der Waals surface area contributed by atoms with Crippen molar-refractivity contribution >= 4 is 45.8 Å². The highest BCUT2D eigenvalue weighted by molar-refractivity contribution is 6.39. The number of halogens is 3. The minimum absolute atomic E-state index is 0.00369. The molecule has 13 heteroatoms. The van der Waals surface area contributed by atoms with Crippen molar-refractivity contribution < 1.29 is 23.5 Å². The molecular weight excluding hydrogens is 594 g/mol. The summed E-state index contributed by atoms with van der Waals surface area (Å²) < 4.78 is 33.2. The summed E-state index contributed by atoms with van der Waals surface area (Å²) in [6.07, 6.45) is 2.73. The van der Waals surface area contributed by atoms with Gasteiger partial charge in [0.2, 0.25) is 11.8 Å². The molecule has 2 aliphatic heterocycles. The van der Waals surface area contributed by atoms with Gasteiger partial charge in [0, 0.05) is 24.8 Å². The molecule has 0 saturated carbocycles. The average molecular weight is 621 g/mol. The summed E-state index contributed by atoms with van der Waals surface area (Å²) in [6, 6.07) is 4.09. The predicted octanol–water partition coefficient (Wildman–Crippen LogP) is 4.67. The lowest BCUT2D eigenvalue weighted by Gasteiger charge is -2.40. The largest absolute Gasteiger partial charge is 0.507 e. The first-order valence-corrected chi connectivity index (χ1v) is 14.2. The molecule has 2 N–H and O–H groups in total. The minimum atomic E-state index is -1.13. The number of piperazine rings is 1. The number of phenolic OH excluding ortho intramolecular Hbond substituents is 1. The van der Waals surface area contributed by atoms with Crippen molar-refractivity contribution in [2.24, 2.45) is 0 Å². The van der Waals surface area contributed by atoms with Gasteiger partial charge >= 0.3 is 5.69 Å². The molecule has 44 heavy (non-hydrogen) atoms. The van der Waals surface area contributed by atoms with Crippen LogP contribution < -0.4 is 15.9 Å². The number of amides is 2. The second kappa shape index (κ2) is 10.7. The summed E-state index contributed by atoms with van der Waals surface area (Å²) in [6.45, 7) is 9.22. The number of phenols is 1. The number of aromatic hydroxyl groups is 1. The molecule has 2 aromatic carbocycles. The standard InChI is InChI=1S/C31H27ClF2N6O4/c1-5-19(42)38-11-12-39-17(13-38)30(43)36-26-22-28(23(32)21(24(26)34)20-16(33)7-6-8-18(20)41)40(31(44)37-29(22)39)27-15(4)9-10-35-25(27)14(2)3/h5-10,14,17,41H,1,11-13H2,2-4H3,(H,36,43). The van der Waals surface area contributed by atoms with Crippen molar-refractivity contribution in [1.29, 1.82) is 0 Å². The molecule has 0 radical (unpaired) electrons. The highest BCUT2D eigenvalue weighted by Gasteiger charge is 2.41. The number of aryl methyl sites for hydroxylation is 1. The Kier molecular flexibility index (Phi) is 7.11. The van der Waals surface area contributed by atoms with Crippen LogP contribution >= 0.6 is 11.6 Å². The van der Waals surface area contributed by atoms with E-state index in [1.165, 1.54) is 21.6 Å². The molecule has 4 aromatic rings. The van der Waals surface area contributed by atoms with Gasteiger partial charge in [-0.15, -0.1) is 0 Å². The predicted molar refractivity (Wildman–Crippen MR) is 163 cm³/mol. The average Bonchev–Trinajstić information content (AvgIpc) is 3.11. The van der Waals surface area contributed by atoms with Crippen LogP contribution in [0, 0.1) is 18.6 Å². The van der Waals surface area contributed by atoms with E-state index in [0.717, 1.165) is 12.1 Å². The van der Waals surface area contributed by atoms with Crippen molar-refractivity contribution in [2.75, 3.05) is 29.9 Å². The first-order chi connectivity index (χ1) is 21.0. The fourth-order valence-corrected chi connectivity index (χ4v) is 6.35. The molecule has 1 atom stereocenters. The number of benzene rings is 2. The van der Waals surface area contributed by atoms with Gasteiger partial charge in [-0.25, -0.2) is 13.6 Å². The first kappa shape index (κ1) is 29.2. The normalized spacial score (nSPS) is 16.2. The third-order valence-electron chi connectivity index (χ3n) is 8.05. The van der Waals surface area contributed by atoms with Crippen LogP contribution in [0.25, 0.3) is 27.7 Å². The molecule has 0 spiro atoms. The van der Waals surface area contributed by atoms with Crippen molar-refractivity contribution in [3.05, 3.63) is 81.5 Å². The summed E-state index contributed by atoms with van der Waals surface area (Å²) in [5.41, 5.74) is -0.843. The van der Waals surface area contributed by atoms with E-state index in [1.807, 2.05) is 13.8 Å². The van der Waals surface area contributed by atoms with Crippen molar-refractivity contribution in [3.63, 3.8) is 0 Å². The molecule has 1 fully saturated rings. The summed E-state index contributed by atoms with van der Waals surface area (Å²) >= 11 is 6.99. The van der Waals surface area contributed by atoms with Crippen LogP contribution in [0.2, 0.25) is 5.02 Å². The van der Waals surface area contributed by atoms with Gasteiger partial charge in [0.15, 0.2) is 5.82 Å². The molecule has 0 bridgehead atoms. The molecule has 6 rings (SSSR count). The van der Waals surface area contributed by atoms with Gasteiger partial charge in [0.05, 0.1) is 45.1 Å². The lowest BCUT2D eigenvalue weighted by molar-refractivity contribution is -0.128. The van der Waals surface area contributed by atoms with Crippen LogP contribution in [0.1, 0.15) is 31.0 Å². The highest BCUT2D eigenvalue weighted by Crippen LogP contribution is 2.49. The molecular formula is C31H27ClF2N6O4. The maximum Gasteiger partial charge on any atom is 0.354 e. The van der Waals surface area contributed by atoms with Gasteiger partial charge in [-0.2, -0.15) is 4.98 Å². The fourth-order valence-electron chi connectivity index (χ4n) is 5.99. The van der Waals surface area contributed by atoms with Crippen LogP contribution in [0.5, 0.6) is 5.75 Å². The van der Waals surface area contributed by atoms with Gasteiger partial charge in [-0.1, -0.05) is 38.1 Å². The number of nitrogens with one attached hydrogen (secondary N) is 1. The first-order valence-electron chi connectivity index (χ1n) is 13.9. The number of nitrogens with zero attached hydrogens (tertiary/aromatic N) is 5. The number of aromatic nitrogens is 3. The van der Waals surface area contributed by atoms with Gasteiger partial charge in [-0.3, -0.25) is 19.1 Å². The molecule has 2 aliphatic rings. The van der Waals surface area contributed by atoms with Crippen molar-refractivity contribution in [1.82, 2.24) is 19.4 Å². The lowest BCUT2D eigenvalue weighted by atomic mass is 9.98. The molecule has 226 valence electrons. The Bertz CT molecular complexity index is 1960. The molecule has 2 aromatic heterocycles. The third kappa shape index (κ3) is 4.31. The van der Waals surface area contributed by atoms with Gasteiger partial charge in [0.1, 0.15) is 23.4 Å². The van der Waals surface area contributed by atoms with Gasteiger partial charge in [0.25, 0.3) is 0 Å². The summed E-state index contributed by atoms with van der Waals surface area (Å²) in [5, 5.41) is 12.9. The van der Waals surface area contributed by atoms with Crippen LogP contribution in [-0.2, 0) is 9.59 Å². The van der Waals surface area contributed by atoms with E-state index in [9.17, 15) is 19.5 Å². The van der Waals surface area contributed by atoms with Crippen molar-refractivity contribution in [2.45, 2.75) is 32.7 Å². The Hall–Kier alpha value is -4.84. The Morgan fingerprint density at radius 3 is 2.64 bits per heavy atom. The topological polar surface area (TPSA) is 121 Å². The fraction of sp³-hybridized carbons (Fsp3) is 0.258. The summed E-state index contributed by atoms with van der Waals surface area (Å²) in [5.74, 6) is -3.98. The SMILES string of the molecule is C=CC(=O)N1CCN2c3nc(=O)n(-c4c(C)ccnc4C(C)C)c4c(Cl)c(-c5c(O)cccc5F)c(F)c(c34)NC(=O)C2C1. The Morgan fingerprint density at radius 1 is 1.20 bits per heavy atom. The van der Waals surface area contributed by atoms with Crippen LogP contribution in [0.15, 0.2) is 47.9 Å². The zero-order chi connectivity index (χ0) is 31.6. The summed E-state index contributed by atoms with van der Waals surface area (Å²) in [7, 11) is 0. The zero-order valence-electron chi connectivity index (χ0n) is 24.0. The molecule has 1 unspecified atom stereocenters. The number of fused-ring (bicyclic) bond motifs is 2. The Labute approximate surface area is 255 Å². The number of pyridine rings is 1. The second-order valence-corrected chi connectivity index (χ2v) is 11.4. The monoisotopic (exact) mass is 620 g/mol. The van der Waals surface area contributed by atoms with Crippen LogP contribution in [0.4, 0.5) is 20.3 Å². The number of hydrogen-bond acceptors (Lipinski definition) is 7. The van der Waals surface area contributed by atoms with Crippen molar-refractivity contribution in [3.8, 4) is 22.6 Å². The maximum absolute atomic E-state index is 16.7. The number of carbonyl (C=O) groups is 2. The molecule has 4 heterocycles. The van der Waals surface area contributed by atoms with E-state index in [4.69, 9.17) is 11.6 Å². The smallest absolute Gasteiger partial charge is 0.354 e. The van der Waals surface area contributed by atoms with Crippen LogP contribution in [0.3, 0.4) is 0 Å². The molecule has 10 nitrogen and oxygen atoms in total. The van der Waals surface area contributed by atoms with Gasteiger partial charge < -0.3 is 20.2 Å². The third-order valence-corrected chi connectivity index (χ3v) is 8.42. The molecule has 1 saturated heterocycles. The van der Waals surface area contributed by atoms with Gasteiger partial charge in [-0.05, 0) is 42.7 Å². The number of hydrogen-bond donors (Lipinski definition) is 2. The van der Waals surface area contributed by atoms with E-state index in [2.05, 4.69) is 21.9 Å². The number of rotatable bonds is 4. The van der Waals surface area contributed by atoms with E-state index in [-0.39, 0.29) is 47.3 Å².